The Balaban J connectivity index is 2.10. The van der Waals surface area contributed by atoms with Crippen molar-refractivity contribution < 1.29 is 14.6 Å². The summed E-state index contributed by atoms with van der Waals surface area (Å²) in [5.74, 6) is 0.567. The predicted molar refractivity (Wildman–Crippen MR) is 94.5 cm³/mol. The molecule has 130 valence electrons. The number of rotatable bonds is 6. The van der Waals surface area contributed by atoms with Gasteiger partial charge in [0.05, 0.1) is 24.8 Å². The molecule has 0 aliphatic heterocycles. The summed E-state index contributed by atoms with van der Waals surface area (Å²) < 4.78 is 7.21. The van der Waals surface area contributed by atoms with Gasteiger partial charge < -0.3 is 19.7 Å². The average Bonchev–Trinajstić information content (AvgIpc) is 2.88. The Labute approximate surface area is 143 Å². The number of nitrogens with zero attached hydrogens (tertiary/aromatic N) is 1. The zero-order valence-corrected chi connectivity index (χ0v) is 15.0. The van der Waals surface area contributed by atoms with E-state index in [1.54, 1.807) is 38.3 Å². The standard InChI is InChI=1S/C19H26N2O3/c1-6-21-12(2)11-17(14(21)4)19(23)20-13(3)18(22)15-7-9-16(24-5)10-8-15/h7-11,13,18,22H,6H2,1-5H3,(H,20,23). The molecule has 1 aromatic heterocycles. The summed E-state index contributed by atoms with van der Waals surface area (Å²) in [7, 11) is 1.60. The number of benzene rings is 1. The molecule has 0 saturated carbocycles. The lowest BCUT2D eigenvalue weighted by molar-refractivity contribution is 0.0851. The molecule has 2 rings (SSSR count). The fourth-order valence-electron chi connectivity index (χ4n) is 2.97. The van der Waals surface area contributed by atoms with Crippen molar-refractivity contribution in [3.05, 3.63) is 52.8 Å². The van der Waals surface area contributed by atoms with Gasteiger partial charge in [-0.05, 0) is 51.5 Å². The van der Waals surface area contributed by atoms with Crippen LogP contribution in [0.1, 0.15) is 47.3 Å². The van der Waals surface area contributed by atoms with E-state index >= 15 is 0 Å². The number of amides is 1. The average molecular weight is 330 g/mol. The minimum absolute atomic E-state index is 0.164. The van der Waals surface area contributed by atoms with Crippen molar-refractivity contribution in [2.75, 3.05) is 7.11 Å². The van der Waals surface area contributed by atoms with E-state index in [2.05, 4.69) is 16.8 Å². The van der Waals surface area contributed by atoms with Crippen molar-refractivity contribution in [3.63, 3.8) is 0 Å². The van der Waals surface area contributed by atoms with Crippen molar-refractivity contribution in [2.45, 2.75) is 46.4 Å². The number of hydrogen-bond donors (Lipinski definition) is 2. The number of carbonyl (C=O) groups is 1. The van der Waals surface area contributed by atoms with Crippen LogP contribution in [-0.2, 0) is 6.54 Å². The molecule has 0 spiro atoms. The molecule has 0 aliphatic rings. The van der Waals surface area contributed by atoms with Crippen molar-refractivity contribution in [3.8, 4) is 5.75 Å². The molecule has 0 radical (unpaired) electrons. The molecule has 1 amide bonds. The molecular weight excluding hydrogens is 304 g/mol. The van der Waals surface area contributed by atoms with Crippen molar-refractivity contribution in [1.29, 1.82) is 0 Å². The molecule has 2 atom stereocenters. The first-order valence-corrected chi connectivity index (χ1v) is 8.18. The Morgan fingerprint density at radius 3 is 2.42 bits per heavy atom. The molecule has 1 aromatic carbocycles. The maximum atomic E-state index is 12.5. The fraction of sp³-hybridized carbons (Fsp3) is 0.421. The SMILES string of the molecule is CCn1c(C)cc(C(=O)NC(C)C(O)c2ccc(OC)cc2)c1C. The van der Waals surface area contributed by atoms with Gasteiger partial charge in [0.2, 0.25) is 0 Å². The van der Waals surface area contributed by atoms with Gasteiger partial charge in [-0.15, -0.1) is 0 Å². The van der Waals surface area contributed by atoms with Crippen molar-refractivity contribution in [2.24, 2.45) is 0 Å². The van der Waals surface area contributed by atoms with Crippen LogP contribution in [0.2, 0.25) is 0 Å². The van der Waals surface area contributed by atoms with Gasteiger partial charge in [-0.25, -0.2) is 0 Å². The molecule has 5 heteroatoms. The molecule has 2 N–H and O–H groups in total. The van der Waals surface area contributed by atoms with E-state index in [-0.39, 0.29) is 5.91 Å². The largest absolute Gasteiger partial charge is 0.497 e. The van der Waals surface area contributed by atoms with Gasteiger partial charge in [0.25, 0.3) is 5.91 Å². The zero-order valence-electron chi connectivity index (χ0n) is 15.0. The van der Waals surface area contributed by atoms with Crippen LogP contribution in [-0.4, -0.2) is 28.7 Å². The maximum absolute atomic E-state index is 12.5. The summed E-state index contributed by atoms with van der Waals surface area (Å²) in [6.45, 7) is 8.61. The zero-order chi connectivity index (χ0) is 17.9. The Kier molecular flexibility index (Phi) is 5.67. The summed E-state index contributed by atoms with van der Waals surface area (Å²) in [6, 6.07) is 8.67. The van der Waals surface area contributed by atoms with Gasteiger partial charge in [-0.1, -0.05) is 12.1 Å². The van der Waals surface area contributed by atoms with Gasteiger partial charge in [-0.2, -0.15) is 0 Å². The lowest BCUT2D eigenvalue weighted by Crippen LogP contribution is -2.37. The first kappa shape index (κ1) is 18.1. The Hall–Kier alpha value is -2.27. The van der Waals surface area contributed by atoms with Gasteiger partial charge in [0, 0.05) is 17.9 Å². The topological polar surface area (TPSA) is 63.5 Å². The number of aliphatic hydroxyl groups is 1. The van der Waals surface area contributed by atoms with E-state index in [0.717, 1.165) is 29.2 Å². The summed E-state index contributed by atoms with van der Waals surface area (Å²) in [4.78, 5) is 12.5. The van der Waals surface area contributed by atoms with E-state index in [0.29, 0.717) is 5.56 Å². The number of aliphatic hydroxyl groups excluding tert-OH is 1. The Morgan fingerprint density at radius 1 is 1.29 bits per heavy atom. The molecule has 0 aliphatic carbocycles. The summed E-state index contributed by atoms with van der Waals surface area (Å²) >= 11 is 0. The molecular formula is C19H26N2O3. The van der Waals surface area contributed by atoms with Crippen LogP contribution >= 0.6 is 0 Å². The maximum Gasteiger partial charge on any atom is 0.253 e. The molecule has 2 aromatic rings. The smallest absolute Gasteiger partial charge is 0.253 e. The van der Waals surface area contributed by atoms with Crippen molar-refractivity contribution >= 4 is 5.91 Å². The van der Waals surface area contributed by atoms with E-state index in [9.17, 15) is 9.90 Å². The number of nitrogens with one attached hydrogen (secondary N) is 1. The third kappa shape index (κ3) is 3.62. The highest BCUT2D eigenvalue weighted by atomic mass is 16.5. The van der Waals surface area contributed by atoms with Gasteiger partial charge in [0.15, 0.2) is 0 Å². The predicted octanol–water partition coefficient (Wildman–Crippen LogP) is 2.99. The molecule has 0 saturated heterocycles. The summed E-state index contributed by atoms with van der Waals surface area (Å²) in [6.07, 6.45) is -0.783. The van der Waals surface area contributed by atoms with Crippen LogP contribution < -0.4 is 10.1 Å². The Bertz CT molecular complexity index is 704. The fourth-order valence-corrected chi connectivity index (χ4v) is 2.97. The second-order valence-electron chi connectivity index (χ2n) is 6.01. The molecule has 5 nitrogen and oxygen atoms in total. The second-order valence-corrected chi connectivity index (χ2v) is 6.01. The van der Waals surface area contributed by atoms with Crippen LogP contribution in [0.4, 0.5) is 0 Å². The van der Waals surface area contributed by atoms with E-state index in [1.807, 2.05) is 19.9 Å². The highest BCUT2D eigenvalue weighted by Crippen LogP contribution is 2.21. The van der Waals surface area contributed by atoms with E-state index < -0.39 is 12.1 Å². The second kappa shape index (κ2) is 7.53. The van der Waals surface area contributed by atoms with Crippen LogP contribution in [0, 0.1) is 13.8 Å². The van der Waals surface area contributed by atoms with Crippen LogP contribution in [0.5, 0.6) is 5.75 Å². The minimum Gasteiger partial charge on any atom is -0.497 e. The summed E-state index contributed by atoms with van der Waals surface area (Å²) in [5.41, 5.74) is 3.40. The van der Waals surface area contributed by atoms with E-state index in [1.165, 1.54) is 0 Å². The lowest BCUT2D eigenvalue weighted by Gasteiger charge is -2.21. The van der Waals surface area contributed by atoms with E-state index in [4.69, 9.17) is 4.74 Å². The van der Waals surface area contributed by atoms with Gasteiger partial charge in [-0.3, -0.25) is 4.79 Å². The third-order valence-electron chi connectivity index (χ3n) is 4.42. The summed E-state index contributed by atoms with van der Waals surface area (Å²) in [5, 5.41) is 13.4. The lowest BCUT2D eigenvalue weighted by atomic mass is 10.0. The van der Waals surface area contributed by atoms with Crippen LogP contribution in [0.15, 0.2) is 30.3 Å². The quantitative estimate of drug-likeness (QED) is 0.856. The van der Waals surface area contributed by atoms with Crippen LogP contribution in [0.25, 0.3) is 0 Å². The molecule has 0 bridgehead atoms. The number of ether oxygens (including phenoxy) is 1. The molecule has 24 heavy (non-hydrogen) atoms. The van der Waals surface area contributed by atoms with Gasteiger partial charge >= 0.3 is 0 Å². The van der Waals surface area contributed by atoms with Crippen LogP contribution in [0.3, 0.4) is 0 Å². The highest BCUT2D eigenvalue weighted by Gasteiger charge is 2.21. The first-order chi connectivity index (χ1) is 11.4. The monoisotopic (exact) mass is 330 g/mol. The normalized spacial score (nSPS) is 13.4. The third-order valence-corrected chi connectivity index (χ3v) is 4.42. The number of hydrogen-bond acceptors (Lipinski definition) is 3. The first-order valence-electron chi connectivity index (χ1n) is 8.18. The molecule has 1 heterocycles. The number of methoxy groups -OCH3 is 1. The Morgan fingerprint density at radius 2 is 1.92 bits per heavy atom. The number of carbonyl (C=O) groups excluding carboxylic acids is 1. The minimum atomic E-state index is -0.783. The number of aromatic nitrogens is 1. The van der Waals surface area contributed by atoms with Crippen molar-refractivity contribution in [1.82, 2.24) is 9.88 Å². The molecule has 2 unspecified atom stereocenters. The molecule has 0 fully saturated rings. The number of aryl methyl sites for hydroxylation is 1. The van der Waals surface area contributed by atoms with Gasteiger partial charge in [0.1, 0.15) is 5.75 Å². The highest BCUT2D eigenvalue weighted by molar-refractivity contribution is 5.95.